The molecule has 22 heavy (non-hydrogen) atoms. The number of aromatic nitrogens is 1. The van der Waals surface area contributed by atoms with Gasteiger partial charge in [-0.15, -0.1) is 0 Å². The third-order valence-corrected chi connectivity index (χ3v) is 2.67. The number of H-pyrrole nitrogens is 1. The van der Waals surface area contributed by atoms with E-state index in [0.29, 0.717) is 11.3 Å². The van der Waals surface area contributed by atoms with Gasteiger partial charge in [0.25, 0.3) is 11.5 Å². The van der Waals surface area contributed by atoms with Crippen LogP contribution in [-0.2, 0) is 9.53 Å². The lowest BCUT2D eigenvalue weighted by Crippen LogP contribution is -2.24. The molecule has 0 aliphatic heterocycles. The van der Waals surface area contributed by atoms with Crippen LogP contribution in [0.4, 0.5) is 5.69 Å². The number of benzene rings is 1. The SMILES string of the molecule is N#Cc1ccc(NC(=O)COC(=O)c2ccc[nH]c2=O)cc1. The van der Waals surface area contributed by atoms with E-state index in [1.165, 1.54) is 18.3 Å². The zero-order valence-electron chi connectivity index (χ0n) is 11.3. The van der Waals surface area contributed by atoms with Crippen LogP contribution in [0.15, 0.2) is 47.4 Å². The van der Waals surface area contributed by atoms with Gasteiger partial charge in [-0.3, -0.25) is 9.59 Å². The minimum Gasteiger partial charge on any atom is -0.452 e. The zero-order chi connectivity index (χ0) is 15.9. The first-order valence-electron chi connectivity index (χ1n) is 6.25. The number of anilines is 1. The van der Waals surface area contributed by atoms with E-state index in [9.17, 15) is 14.4 Å². The van der Waals surface area contributed by atoms with Gasteiger partial charge in [-0.2, -0.15) is 5.26 Å². The Morgan fingerprint density at radius 2 is 1.95 bits per heavy atom. The summed E-state index contributed by atoms with van der Waals surface area (Å²) in [5.74, 6) is -1.43. The fourth-order valence-electron chi connectivity index (χ4n) is 1.62. The number of aromatic amines is 1. The fourth-order valence-corrected chi connectivity index (χ4v) is 1.62. The van der Waals surface area contributed by atoms with Gasteiger partial charge < -0.3 is 15.0 Å². The van der Waals surface area contributed by atoms with Crippen LogP contribution in [0.5, 0.6) is 0 Å². The molecule has 1 aromatic carbocycles. The van der Waals surface area contributed by atoms with Crippen molar-refractivity contribution in [3.8, 4) is 6.07 Å². The number of hydrogen-bond acceptors (Lipinski definition) is 5. The average Bonchev–Trinajstić information content (AvgIpc) is 2.54. The van der Waals surface area contributed by atoms with Gasteiger partial charge in [0.2, 0.25) is 0 Å². The first-order valence-corrected chi connectivity index (χ1v) is 6.25. The van der Waals surface area contributed by atoms with E-state index in [4.69, 9.17) is 10.00 Å². The molecule has 0 saturated heterocycles. The first-order chi connectivity index (χ1) is 10.6. The second kappa shape index (κ2) is 6.85. The molecule has 7 heteroatoms. The van der Waals surface area contributed by atoms with Gasteiger partial charge in [-0.25, -0.2) is 4.79 Å². The predicted octanol–water partition coefficient (Wildman–Crippen LogP) is 1.04. The van der Waals surface area contributed by atoms with E-state index in [2.05, 4.69) is 10.3 Å². The Morgan fingerprint density at radius 1 is 1.23 bits per heavy atom. The van der Waals surface area contributed by atoms with Crippen molar-refractivity contribution in [3.63, 3.8) is 0 Å². The third kappa shape index (κ3) is 3.80. The maximum atomic E-state index is 11.6. The van der Waals surface area contributed by atoms with E-state index < -0.39 is 24.0 Å². The van der Waals surface area contributed by atoms with Gasteiger partial charge in [-0.05, 0) is 36.4 Å². The Hall–Kier alpha value is -3.40. The molecule has 0 saturated carbocycles. The topological polar surface area (TPSA) is 112 Å². The molecular formula is C15H11N3O4. The number of nitrogens with one attached hydrogen (secondary N) is 2. The van der Waals surface area contributed by atoms with Crippen molar-refractivity contribution in [2.75, 3.05) is 11.9 Å². The highest BCUT2D eigenvalue weighted by Gasteiger charge is 2.13. The van der Waals surface area contributed by atoms with Crippen molar-refractivity contribution in [1.82, 2.24) is 4.98 Å². The Bertz CT molecular complexity index is 787. The van der Waals surface area contributed by atoms with Gasteiger partial charge in [0, 0.05) is 11.9 Å². The number of rotatable bonds is 4. The monoisotopic (exact) mass is 297 g/mol. The van der Waals surface area contributed by atoms with Crippen LogP contribution < -0.4 is 10.9 Å². The van der Waals surface area contributed by atoms with Crippen LogP contribution in [0.25, 0.3) is 0 Å². The largest absolute Gasteiger partial charge is 0.452 e. The van der Waals surface area contributed by atoms with Gasteiger partial charge in [-0.1, -0.05) is 0 Å². The summed E-state index contributed by atoms with van der Waals surface area (Å²) in [6, 6.07) is 10.9. The predicted molar refractivity (Wildman–Crippen MR) is 77.1 cm³/mol. The molecule has 1 aromatic heterocycles. The summed E-state index contributed by atoms with van der Waals surface area (Å²) < 4.78 is 4.76. The molecule has 0 spiro atoms. The van der Waals surface area contributed by atoms with E-state index >= 15 is 0 Å². The molecule has 110 valence electrons. The highest BCUT2D eigenvalue weighted by molar-refractivity contribution is 5.95. The Balaban J connectivity index is 1.90. The number of amides is 1. The second-order valence-electron chi connectivity index (χ2n) is 4.23. The van der Waals surface area contributed by atoms with Crippen molar-refractivity contribution >= 4 is 17.6 Å². The number of hydrogen-bond donors (Lipinski definition) is 2. The number of carbonyl (C=O) groups is 2. The smallest absolute Gasteiger partial charge is 0.344 e. The lowest BCUT2D eigenvalue weighted by atomic mass is 10.2. The Morgan fingerprint density at radius 3 is 2.59 bits per heavy atom. The van der Waals surface area contributed by atoms with Crippen LogP contribution in [-0.4, -0.2) is 23.5 Å². The molecule has 0 aliphatic carbocycles. The summed E-state index contributed by atoms with van der Waals surface area (Å²) in [5.41, 5.74) is 0.180. The molecule has 7 nitrogen and oxygen atoms in total. The average molecular weight is 297 g/mol. The maximum Gasteiger partial charge on any atom is 0.344 e. The summed E-state index contributed by atoms with van der Waals surface area (Å²) in [4.78, 5) is 37.0. The lowest BCUT2D eigenvalue weighted by Gasteiger charge is -2.06. The Labute approximate surface area is 125 Å². The van der Waals surface area contributed by atoms with Crippen molar-refractivity contribution < 1.29 is 14.3 Å². The molecule has 0 fully saturated rings. The number of pyridine rings is 1. The number of nitriles is 1. The van der Waals surface area contributed by atoms with Gasteiger partial charge in [0.15, 0.2) is 6.61 Å². The van der Waals surface area contributed by atoms with E-state index in [1.54, 1.807) is 24.3 Å². The van der Waals surface area contributed by atoms with Crippen molar-refractivity contribution in [3.05, 3.63) is 64.1 Å². The number of ether oxygens (including phenoxy) is 1. The molecule has 0 bridgehead atoms. The number of esters is 1. The van der Waals surface area contributed by atoms with Crippen LogP contribution in [0.2, 0.25) is 0 Å². The fraction of sp³-hybridized carbons (Fsp3) is 0.0667. The van der Waals surface area contributed by atoms with Gasteiger partial charge >= 0.3 is 5.97 Å². The molecule has 0 aliphatic rings. The highest BCUT2D eigenvalue weighted by atomic mass is 16.5. The first kappa shape index (κ1) is 15.0. The van der Waals surface area contributed by atoms with Gasteiger partial charge in [0.05, 0.1) is 11.6 Å². The molecule has 2 N–H and O–H groups in total. The molecule has 0 atom stereocenters. The highest BCUT2D eigenvalue weighted by Crippen LogP contribution is 2.08. The van der Waals surface area contributed by atoms with Crippen LogP contribution in [0.1, 0.15) is 15.9 Å². The third-order valence-electron chi connectivity index (χ3n) is 2.67. The molecular weight excluding hydrogens is 286 g/mol. The van der Waals surface area contributed by atoms with Crippen molar-refractivity contribution in [1.29, 1.82) is 5.26 Å². The summed E-state index contributed by atoms with van der Waals surface area (Å²) >= 11 is 0. The number of nitrogens with zero attached hydrogens (tertiary/aromatic N) is 1. The quantitative estimate of drug-likeness (QED) is 0.819. The summed E-state index contributed by atoms with van der Waals surface area (Å²) in [6.07, 6.45) is 1.39. The minimum atomic E-state index is -0.878. The zero-order valence-corrected chi connectivity index (χ0v) is 11.3. The van der Waals surface area contributed by atoms with Crippen molar-refractivity contribution in [2.24, 2.45) is 0 Å². The van der Waals surface area contributed by atoms with E-state index in [0.717, 1.165) is 0 Å². The summed E-state index contributed by atoms with van der Waals surface area (Å²) in [6.45, 7) is -0.521. The van der Waals surface area contributed by atoms with Gasteiger partial charge in [0.1, 0.15) is 5.56 Å². The molecule has 1 amide bonds. The summed E-state index contributed by atoms with van der Waals surface area (Å²) in [5, 5.41) is 11.2. The van der Waals surface area contributed by atoms with Crippen molar-refractivity contribution in [2.45, 2.75) is 0 Å². The normalized spacial score (nSPS) is 9.59. The van der Waals surface area contributed by atoms with Crippen LogP contribution >= 0.6 is 0 Å². The molecule has 1 heterocycles. The van der Waals surface area contributed by atoms with Crippen LogP contribution in [0, 0.1) is 11.3 Å². The van der Waals surface area contributed by atoms with E-state index in [1.807, 2.05) is 6.07 Å². The molecule has 2 rings (SSSR count). The minimum absolute atomic E-state index is 0.173. The maximum absolute atomic E-state index is 11.6. The van der Waals surface area contributed by atoms with Crippen LogP contribution in [0.3, 0.4) is 0 Å². The van der Waals surface area contributed by atoms with E-state index in [-0.39, 0.29) is 5.56 Å². The molecule has 0 unspecified atom stereocenters. The second-order valence-corrected chi connectivity index (χ2v) is 4.23. The summed E-state index contributed by atoms with van der Waals surface area (Å²) in [7, 11) is 0. The number of carbonyl (C=O) groups excluding carboxylic acids is 2. The lowest BCUT2D eigenvalue weighted by molar-refractivity contribution is -0.119. The molecule has 0 radical (unpaired) electrons. The molecule has 2 aromatic rings. The standard InChI is InChI=1S/C15H11N3O4/c16-8-10-3-5-11(6-4-10)18-13(19)9-22-15(21)12-2-1-7-17-14(12)20/h1-7H,9H2,(H,17,20)(H,18,19). The Kier molecular flexibility index (Phi) is 4.67.